The number of aliphatic hydroxyl groups excluding tert-OH is 1. The van der Waals surface area contributed by atoms with Crippen LogP contribution in [0.2, 0.25) is 0 Å². The average Bonchev–Trinajstić information content (AvgIpc) is 3.45. The summed E-state index contributed by atoms with van der Waals surface area (Å²) >= 11 is 1.30. The third kappa shape index (κ3) is 4.54. The first-order chi connectivity index (χ1) is 17.9. The zero-order chi connectivity index (χ0) is 26.1. The Morgan fingerprint density at radius 3 is 2.49 bits per heavy atom. The van der Waals surface area contributed by atoms with E-state index in [1.54, 1.807) is 30.3 Å². The van der Waals surface area contributed by atoms with E-state index in [0.717, 1.165) is 15.8 Å². The highest BCUT2D eigenvalue weighted by Gasteiger charge is 2.45. The Balaban J connectivity index is 1.60. The largest absolute Gasteiger partial charge is 0.503 e. The number of aryl methyl sites for hydroxylation is 1. The molecule has 0 saturated heterocycles. The van der Waals surface area contributed by atoms with E-state index in [4.69, 9.17) is 4.74 Å². The SMILES string of the molecule is COC(=O)c1ccc(C2C(C(=O)/C=C/c3ccccc3)=C(O)C(=O)N2c2nc3ccc(C)cc3s2)cc1. The Morgan fingerprint density at radius 1 is 1.05 bits per heavy atom. The van der Waals surface area contributed by atoms with Gasteiger partial charge in [-0.25, -0.2) is 9.78 Å². The second-order valence-electron chi connectivity index (χ2n) is 8.53. The molecule has 1 amide bonds. The van der Waals surface area contributed by atoms with Crippen LogP contribution >= 0.6 is 11.3 Å². The van der Waals surface area contributed by atoms with Crippen molar-refractivity contribution in [3.05, 3.63) is 112 Å². The zero-order valence-electron chi connectivity index (χ0n) is 20.0. The molecule has 3 aromatic carbocycles. The molecule has 1 aliphatic heterocycles. The fourth-order valence-electron chi connectivity index (χ4n) is 4.24. The summed E-state index contributed by atoms with van der Waals surface area (Å²) in [5.74, 6) is -2.35. The molecular weight excluding hydrogens is 488 g/mol. The number of allylic oxidation sites excluding steroid dienone is 1. The Labute approximate surface area is 217 Å². The lowest BCUT2D eigenvalue weighted by Gasteiger charge is -2.24. The summed E-state index contributed by atoms with van der Waals surface area (Å²) in [4.78, 5) is 44.7. The molecular formula is C29H22N2O5S. The van der Waals surface area contributed by atoms with Gasteiger partial charge in [0.25, 0.3) is 5.91 Å². The van der Waals surface area contributed by atoms with E-state index in [2.05, 4.69) is 4.98 Å². The van der Waals surface area contributed by atoms with E-state index < -0.39 is 29.5 Å². The van der Waals surface area contributed by atoms with Crippen LogP contribution in [0, 0.1) is 6.92 Å². The molecule has 8 heteroatoms. The first-order valence-corrected chi connectivity index (χ1v) is 12.3. The Hall–Kier alpha value is -4.56. The van der Waals surface area contributed by atoms with E-state index in [0.29, 0.717) is 21.8 Å². The lowest BCUT2D eigenvalue weighted by Crippen LogP contribution is -2.30. The molecule has 5 rings (SSSR count). The minimum Gasteiger partial charge on any atom is -0.503 e. The van der Waals surface area contributed by atoms with Gasteiger partial charge in [0, 0.05) is 0 Å². The van der Waals surface area contributed by atoms with Crippen LogP contribution in [-0.4, -0.2) is 34.9 Å². The lowest BCUT2D eigenvalue weighted by atomic mass is 9.95. The summed E-state index contributed by atoms with van der Waals surface area (Å²) < 4.78 is 5.66. The first kappa shape index (κ1) is 24.1. The predicted octanol–water partition coefficient (Wildman–Crippen LogP) is 5.57. The summed E-state index contributed by atoms with van der Waals surface area (Å²) in [5.41, 5.74) is 3.37. The molecule has 0 radical (unpaired) electrons. The molecule has 2 heterocycles. The number of nitrogens with zero attached hydrogens (tertiary/aromatic N) is 2. The third-order valence-corrected chi connectivity index (χ3v) is 7.10. The van der Waals surface area contributed by atoms with Gasteiger partial charge in [-0.05, 0) is 54.0 Å². The van der Waals surface area contributed by atoms with Gasteiger partial charge in [0.1, 0.15) is 0 Å². The van der Waals surface area contributed by atoms with Crippen molar-refractivity contribution in [1.82, 2.24) is 4.98 Å². The minimum atomic E-state index is -0.936. The summed E-state index contributed by atoms with van der Waals surface area (Å²) in [6, 6.07) is 20.5. The standard InChI is InChI=1S/C29H22N2O5S/c1-17-8-14-21-23(16-17)37-29(30-21)31-25(19-10-12-20(13-11-19)28(35)36-2)24(26(33)27(31)34)22(32)15-9-18-6-4-3-5-7-18/h3-16,25,33H,1-2H3/b15-9+. The number of ketones is 1. The number of thiazole rings is 1. The number of amides is 1. The number of carbonyl (C=O) groups is 3. The van der Waals surface area contributed by atoms with Crippen molar-refractivity contribution in [1.29, 1.82) is 0 Å². The van der Waals surface area contributed by atoms with Crippen LogP contribution < -0.4 is 4.90 Å². The molecule has 1 aliphatic rings. The van der Waals surface area contributed by atoms with E-state index in [1.165, 1.54) is 29.4 Å². The maximum absolute atomic E-state index is 13.4. The molecule has 0 aliphatic carbocycles. The van der Waals surface area contributed by atoms with Crippen molar-refractivity contribution in [3.8, 4) is 0 Å². The molecule has 37 heavy (non-hydrogen) atoms. The highest BCUT2D eigenvalue weighted by atomic mass is 32.1. The maximum Gasteiger partial charge on any atom is 0.337 e. The van der Waals surface area contributed by atoms with Crippen LogP contribution in [0.25, 0.3) is 16.3 Å². The number of esters is 1. The van der Waals surface area contributed by atoms with Gasteiger partial charge in [-0.15, -0.1) is 0 Å². The van der Waals surface area contributed by atoms with Crippen molar-refractivity contribution in [2.24, 2.45) is 0 Å². The van der Waals surface area contributed by atoms with E-state index in [9.17, 15) is 19.5 Å². The maximum atomic E-state index is 13.4. The van der Waals surface area contributed by atoms with Gasteiger partial charge in [0.05, 0.1) is 34.5 Å². The number of hydrogen-bond acceptors (Lipinski definition) is 7. The number of carbonyl (C=O) groups excluding carboxylic acids is 3. The molecule has 7 nitrogen and oxygen atoms in total. The number of methoxy groups -OCH3 is 1. The second-order valence-corrected chi connectivity index (χ2v) is 9.54. The number of ether oxygens (including phenoxy) is 1. The number of aliphatic hydroxyl groups is 1. The Bertz CT molecular complexity index is 1590. The molecule has 4 aromatic rings. The number of fused-ring (bicyclic) bond motifs is 1. The summed E-state index contributed by atoms with van der Waals surface area (Å²) in [7, 11) is 1.29. The van der Waals surface area contributed by atoms with Crippen molar-refractivity contribution in [3.63, 3.8) is 0 Å². The van der Waals surface area contributed by atoms with Crippen LogP contribution in [0.3, 0.4) is 0 Å². The van der Waals surface area contributed by atoms with Crippen molar-refractivity contribution in [2.75, 3.05) is 12.0 Å². The zero-order valence-corrected chi connectivity index (χ0v) is 20.9. The Morgan fingerprint density at radius 2 is 1.78 bits per heavy atom. The highest BCUT2D eigenvalue weighted by molar-refractivity contribution is 7.22. The van der Waals surface area contributed by atoms with Crippen LogP contribution in [0.5, 0.6) is 0 Å². The highest BCUT2D eigenvalue weighted by Crippen LogP contribution is 2.43. The number of hydrogen-bond donors (Lipinski definition) is 1. The molecule has 1 N–H and O–H groups in total. The number of aromatic nitrogens is 1. The van der Waals surface area contributed by atoms with Gasteiger partial charge in [-0.2, -0.15) is 0 Å². The number of benzene rings is 3. The van der Waals surface area contributed by atoms with Crippen LogP contribution in [0.4, 0.5) is 5.13 Å². The number of anilines is 1. The fraction of sp³-hybridized carbons (Fsp3) is 0.103. The summed E-state index contributed by atoms with van der Waals surface area (Å²) in [6.45, 7) is 1.97. The average molecular weight is 511 g/mol. The minimum absolute atomic E-state index is 0.0570. The Kier molecular flexibility index (Phi) is 6.42. The topological polar surface area (TPSA) is 96.8 Å². The lowest BCUT2D eigenvalue weighted by molar-refractivity contribution is -0.117. The molecule has 0 spiro atoms. The van der Waals surface area contributed by atoms with Crippen LogP contribution in [0.1, 0.15) is 33.1 Å². The molecule has 184 valence electrons. The predicted molar refractivity (Wildman–Crippen MR) is 143 cm³/mol. The molecule has 1 unspecified atom stereocenters. The van der Waals surface area contributed by atoms with Crippen LogP contribution in [0.15, 0.2) is 90.2 Å². The van der Waals surface area contributed by atoms with Gasteiger partial charge in [-0.1, -0.05) is 65.9 Å². The quantitative estimate of drug-likeness (QED) is 0.269. The molecule has 1 aromatic heterocycles. The second kappa shape index (κ2) is 9.83. The molecule has 0 bridgehead atoms. The first-order valence-electron chi connectivity index (χ1n) is 11.5. The summed E-state index contributed by atoms with van der Waals surface area (Å²) in [5, 5.41) is 11.3. The van der Waals surface area contributed by atoms with Gasteiger partial charge in [0.15, 0.2) is 16.7 Å². The monoisotopic (exact) mass is 510 g/mol. The van der Waals surface area contributed by atoms with Crippen molar-refractivity contribution >= 4 is 50.4 Å². The molecule has 1 atom stereocenters. The van der Waals surface area contributed by atoms with E-state index >= 15 is 0 Å². The third-order valence-electron chi connectivity index (χ3n) is 6.09. The van der Waals surface area contributed by atoms with E-state index in [-0.39, 0.29) is 5.57 Å². The molecule has 0 fully saturated rings. The summed E-state index contributed by atoms with van der Waals surface area (Å²) in [6.07, 6.45) is 2.98. The fourth-order valence-corrected chi connectivity index (χ4v) is 5.33. The van der Waals surface area contributed by atoms with Gasteiger partial charge >= 0.3 is 5.97 Å². The van der Waals surface area contributed by atoms with Crippen LogP contribution in [-0.2, 0) is 14.3 Å². The smallest absolute Gasteiger partial charge is 0.337 e. The van der Waals surface area contributed by atoms with E-state index in [1.807, 2.05) is 55.5 Å². The van der Waals surface area contributed by atoms with Gasteiger partial charge < -0.3 is 9.84 Å². The van der Waals surface area contributed by atoms with Gasteiger partial charge in [0.2, 0.25) is 0 Å². The number of rotatable bonds is 6. The van der Waals surface area contributed by atoms with Gasteiger partial charge in [-0.3, -0.25) is 14.5 Å². The molecule has 0 saturated carbocycles. The normalized spacial score (nSPS) is 15.7. The van der Waals surface area contributed by atoms with Crippen molar-refractivity contribution < 1.29 is 24.2 Å². The van der Waals surface area contributed by atoms with Crippen molar-refractivity contribution in [2.45, 2.75) is 13.0 Å².